The highest BCUT2D eigenvalue weighted by molar-refractivity contribution is 7.53. The molecule has 1 heterocycles. The van der Waals surface area contributed by atoms with Crippen LogP contribution in [-0.2, 0) is 31.1 Å². The zero-order valence-corrected chi connectivity index (χ0v) is 11.2. The van der Waals surface area contributed by atoms with Gasteiger partial charge in [0.2, 0.25) is 0 Å². The van der Waals surface area contributed by atoms with Crippen molar-refractivity contribution in [2.45, 2.75) is 26.6 Å². The first-order valence-electron chi connectivity index (χ1n) is 5.45. The van der Waals surface area contributed by atoms with E-state index in [1.807, 2.05) is 0 Å². The third-order valence-corrected chi connectivity index (χ3v) is 3.90. The van der Waals surface area contributed by atoms with Crippen LogP contribution < -0.4 is 0 Å². The van der Waals surface area contributed by atoms with Crippen LogP contribution in [0.25, 0.3) is 0 Å². The van der Waals surface area contributed by atoms with Crippen molar-refractivity contribution in [3.8, 4) is 0 Å². The van der Waals surface area contributed by atoms with Gasteiger partial charge in [-0.2, -0.15) is 0 Å². The standard InChI is InChI=1S/C10H18NO5P/c1-4-14-17(12,15-5-2)8-10-6-9(7-13-3)11-16-10/h6H,4-5,7-8H2,1-3H3. The van der Waals surface area contributed by atoms with Crippen molar-refractivity contribution in [2.75, 3.05) is 20.3 Å². The molecule has 1 aromatic rings. The molecule has 0 N–H and O–H groups in total. The zero-order chi connectivity index (χ0) is 12.7. The summed E-state index contributed by atoms with van der Waals surface area (Å²) in [7, 11) is -1.55. The Morgan fingerprint density at radius 1 is 1.35 bits per heavy atom. The lowest BCUT2D eigenvalue weighted by Gasteiger charge is -2.14. The van der Waals surface area contributed by atoms with Crippen LogP contribution in [0.15, 0.2) is 10.6 Å². The lowest BCUT2D eigenvalue weighted by Crippen LogP contribution is -1.98. The first kappa shape index (κ1) is 14.4. The van der Waals surface area contributed by atoms with Gasteiger partial charge in [0.25, 0.3) is 0 Å². The van der Waals surface area contributed by atoms with Crippen molar-refractivity contribution in [3.05, 3.63) is 17.5 Å². The molecule has 0 fully saturated rings. The summed E-state index contributed by atoms with van der Waals surface area (Å²) in [4.78, 5) is 0. The van der Waals surface area contributed by atoms with E-state index in [4.69, 9.17) is 18.3 Å². The van der Waals surface area contributed by atoms with Gasteiger partial charge in [-0.3, -0.25) is 4.57 Å². The van der Waals surface area contributed by atoms with Crippen LogP contribution in [0.2, 0.25) is 0 Å². The second-order valence-corrected chi connectivity index (χ2v) is 5.38. The van der Waals surface area contributed by atoms with Crippen LogP contribution in [0, 0.1) is 0 Å². The largest absolute Gasteiger partial charge is 0.378 e. The molecule has 98 valence electrons. The minimum absolute atomic E-state index is 0.0887. The van der Waals surface area contributed by atoms with E-state index < -0.39 is 7.60 Å². The maximum absolute atomic E-state index is 12.2. The fourth-order valence-corrected chi connectivity index (χ4v) is 2.93. The Morgan fingerprint density at radius 3 is 2.53 bits per heavy atom. The highest BCUT2D eigenvalue weighted by atomic mass is 31.2. The Morgan fingerprint density at radius 2 is 2.00 bits per heavy atom. The Bertz CT molecular complexity index is 369. The molecule has 1 rings (SSSR count). The lowest BCUT2D eigenvalue weighted by molar-refractivity contribution is 0.177. The van der Waals surface area contributed by atoms with Gasteiger partial charge in [0, 0.05) is 13.2 Å². The molecule has 0 amide bonds. The van der Waals surface area contributed by atoms with Gasteiger partial charge in [0.15, 0.2) is 0 Å². The summed E-state index contributed by atoms with van der Waals surface area (Å²) in [6.07, 6.45) is 0.0887. The average molecular weight is 263 g/mol. The van der Waals surface area contributed by atoms with Gasteiger partial charge in [-0.05, 0) is 13.8 Å². The molecule has 0 atom stereocenters. The van der Waals surface area contributed by atoms with Crippen LogP contribution in [0.5, 0.6) is 0 Å². The fourth-order valence-electron chi connectivity index (χ4n) is 1.36. The van der Waals surface area contributed by atoms with Gasteiger partial charge in [0.05, 0.1) is 19.8 Å². The first-order valence-corrected chi connectivity index (χ1v) is 7.18. The number of nitrogens with zero attached hydrogens (tertiary/aromatic N) is 1. The minimum Gasteiger partial charge on any atom is -0.378 e. The van der Waals surface area contributed by atoms with Crippen molar-refractivity contribution in [1.82, 2.24) is 5.16 Å². The minimum atomic E-state index is -3.12. The molecule has 1 aromatic heterocycles. The smallest absolute Gasteiger partial charge is 0.338 e. The fraction of sp³-hybridized carbons (Fsp3) is 0.700. The van der Waals surface area contributed by atoms with Crippen LogP contribution in [0.4, 0.5) is 0 Å². The molecule has 0 aliphatic carbocycles. The van der Waals surface area contributed by atoms with Gasteiger partial charge >= 0.3 is 7.60 Å². The third kappa shape index (κ3) is 4.60. The summed E-state index contributed by atoms with van der Waals surface area (Å²) in [6, 6.07) is 1.69. The zero-order valence-electron chi connectivity index (χ0n) is 10.3. The average Bonchev–Trinajstić information content (AvgIpc) is 2.66. The van der Waals surface area contributed by atoms with Gasteiger partial charge in [0.1, 0.15) is 17.6 Å². The van der Waals surface area contributed by atoms with Crippen molar-refractivity contribution >= 4 is 7.60 Å². The summed E-state index contributed by atoms with van der Waals surface area (Å²) in [5, 5.41) is 3.78. The molecule has 6 nitrogen and oxygen atoms in total. The van der Waals surface area contributed by atoms with Gasteiger partial charge in [-0.1, -0.05) is 5.16 Å². The van der Waals surface area contributed by atoms with E-state index in [9.17, 15) is 4.57 Å². The predicted octanol–water partition coefficient (Wildman–Crippen LogP) is 2.59. The molecule has 0 saturated carbocycles. The SMILES string of the molecule is CCOP(=O)(Cc1cc(COC)no1)OCC. The summed E-state index contributed by atoms with van der Waals surface area (Å²) >= 11 is 0. The molecule has 0 aromatic carbocycles. The van der Waals surface area contributed by atoms with E-state index in [0.29, 0.717) is 31.3 Å². The maximum atomic E-state index is 12.2. The summed E-state index contributed by atoms with van der Waals surface area (Å²) in [5.74, 6) is 0.474. The number of methoxy groups -OCH3 is 1. The molecular formula is C10H18NO5P. The normalized spacial score (nSPS) is 11.9. The molecule has 0 spiro atoms. The van der Waals surface area contributed by atoms with E-state index in [1.54, 1.807) is 27.0 Å². The quantitative estimate of drug-likeness (QED) is 0.671. The number of aromatic nitrogens is 1. The number of hydrogen-bond acceptors (Lipinski definition) is 6. The Kier molecular flexibility index (Phi) is 5.85. The predicted molar refractivity (Wildman–Crippen MR) is 61.8 cm³/mol. The molecule has 0 radical (unpaired) electrons. The molecule has 17 heavy (non-hydrogen) atoms. The summed E-state index contributed by atoms with van der Waals surface area (Å²) < 4.78 is 32.5. The summed E-state index contributed by atoms with van der Waals surface area (Å²) in [6.45, 7) is 4.55. The van der Waals surface area contributed by atoms with E-state index in [-0.39, 0.29) is 6.16 Å². The Hall–Kier alpha value is -0.680. The van der Waals surface area contributed by atoms with E-state index in [0.717, 1.165) is 0 Å². The molecule has 0 saturated heterocycles. The van der Waals surface area contributed by atoms with Gasteiger partial charge < -0.3 is 18.3 Å². The maximum Gasteiger partial charge on any atom is 0.338 e. The molecule has 0 unspecified atom stereocenters. The van der Waals surface area contributed by atoms with Gasteiger partial charge in [-0.15, -0.1) is 0 Å². The highest BCUT2D eigenvalue weighted by Crippen LogP contribution is 2.51. The number of ether oxygens (including phenoxy) is 1. The molecule has 0 aliphatic heterocycles. The topological polar surface area (TPSA) is 70.8 Å². The second-order valence-electron chi connectivity index (χ2n) is 3.32. The van der Waals surface area contributed by atoms with Crippen molar-refractivity contribution in [3.63, 3.8) is 0 Å². The van der Waals surface area contributed by atoms with Crippen molar-refractivity contribution in [2.24, 2.45) is 0 Å². The van der Waals surface area contributed by atoms with Crippen LogP contribution in [0.3, 0.4) is 0 Å². The van der Waals surface area contributed by atoms with Crippen LogP contribution >= 0.6 is 7.60 Å². The second kappa shape index (κ2) is 6.91. The van der Waals surface area contributed by atoms with Crippen LogP contribution in [-0.4, -0.2) is 25.5 Å². The highest BCUT2D eigenvalue weighted by Gasteiger charge is 2.26. The number of hydrogen-bond donors (Lipinski definition) is 0. The molecule has 0 aliphatic rings. The molecular weight excluding hydrogens is 245 g/mol. The first-order chi connectivity index (χ1) is 8.13. The van der Waals surface area contributed by atoms with Crippen molar-refractivity contribution < 1.29 is 22.9 Å². The van der Waals surface area contributed by atoms with E-state index in [1.165, 1.54) is 0 Å². The molecule has 0 bridgehead atoms. The van der Waals surface area contributed by atoms with E-state index in [2.05, 4.69) is 5.16 Å². The Balaban J connectivity index is 2.68. The lowest BCUT2D eigenvalue weighted by atomic mass is 10.4. The summed E-state index contributed by atoms with van der Waals surface area (Å²) in [5.41, 5.74) is 0.655. The van der Waals surface area contributed by atoms with Crippen molar-refractivity contribution in [1.29, 1.82) is 0 Å². The van der Waals surface area contributed by atoms with E-state index >= 15 is 0 Å². The number of rotatable bonds is 8. The third-order valence-electron chi connectivity index (χ3n) is 1.90. The van der Waals surface area contributed by atoms with Gasteiger partial charge in [-0.25, -0.2) is 0 Å². The molecule has 7 heteroatoms. The Labute approximate surface area is 101 Å². The monoisotopic (exact) mass is 263 g/mol. The van der Waals surface area contributed by atoms with Crippen LogP contribution in [0.1, 0.15) is 25.3 Å².